The summed E-state index contributed by atoms with van der Waals surface area (Å²) in [6.07, 6.45) is 5.86. The Morgan fingerprint density at radius 2 is 1.61 bits per heavy atom. The van der Waals surface area contributed by atoms with Gasteiger partial charge in [-0.2, -0.15) is 0 Å². The lowest BCUT2D eigenvalue weighted by molar-refractivity contribution is 0.374. The van der Waals surface area contributed by atoms with Crippen molar-refractivity contribution in [2.45, 2.75) is 31.7 Å². The molecular weight excluding hydrogens is 220 g/mol. The second-order valence-electron chi connectivity index (χ2n) is 6.01. The van der Waals surface area contributed by atoms with Crippen LogP contribution < -0.4 is 11.1 Å². The highest BCUT2D eigenvalue weighted by Crippen LogP contribution is 2.48. The average Bonchev–Trinajstić information content (AvgIpc) is 3.29. The SMILES string of the molecule is N[C@H](CNCC(C1CC1)C1CC1)c1ccccc1. The molecule has 0 aliphatic heterocycles. The van der Waals surface area contributed by atoms with E-state index in [0.717, 1.165) is 24.3 Å². The molecule has 0 saturated heterocycles. The van der Waals surface area contributed by atoms with Crippen LogP contribution in [0.3, 0.4) is 0 Å². The summed E-state index contributed by atoms with van der Waals surface area (Å²) in [5.74, 6) is 2.99. The van der Waals surface area contributed by atoms with Gasteiger partial charge in [-0.3, -0.25) is 0 Å². The summed E-state index contributed by atoms with van der Waals surface area (Å²) in [7, 11) is 0. The first-order chi connectivity index (χ1) is 8.84. The summed E-state index contributed by atoms with van der Waals surface area (Å²) >= 11 is 0. The smallest absolute Gasteiger partial charge is 0.0421 e. The molecule has 2 aliphatic carbocycles. The van der Waals surface area contributed by atoms with Gasteiger partial charge in [-0.1, -0.05) is 30.3 Å². The Hall–Kier alpha value is -0.860. The lowest BCUT2D eigenvalue weighted by Gasteiger charge is -2.18. The molecule has 1 atom stereocenters. The van der Waals surface area contributed by atoms with Gasteiger partial charge in [0.15, 0.2) is 0 Å². The molecule has 0 heterocycles. The molecule has 0 spiro atoms. The van der Waals surface area contributed by atoms with Crippen LogP contribution in [0.5, 0.6) is 0 Å². The van der Waals surface area contributed by atoms with Crippen molar-refractivity contribution in [1.29, 1.82) is 0 Å². The van der Waals surface area contributed by atoms with Crippen LogP contribution in [0.1, 0.15) is 37.3 Å². The minimum absolute atomic E-state index is 0.130. The molecular formula is C16H24N2. The fourth-order valence-electron chi connectivity index (χ4n) is 2.99. The van der Waals surface area contributed by atoms with E-state index in [4.69, 9.17) is 5.73 Å². The molecule has 2 aliphatic rings. The van der Waals surface area contributed by atoms with Crippen molar-refractivity contribution in [1.82, 2.24) is 5.32 Å². The van der Waals surface area contributed by atoms with Crippen molar-refractivity contribution in [3.63, 3.8) is 0 Å². The zero-order chi connectivity index (χ0) is 12.4. The summed E-state index contributed by atoms with van der Waals surface area (Å²) in [4.78, 5) is 0. The number of benzene rings is 1. The Balaban J connectivity index is 1.43. The highest BCUT2D eigenvalue weighted by Gasteiger charge is 2.40. The molecule has 2 heteroatoms. The second-order valence-corrected chi connectivity index (χ2v) is 6.01. The van der Waals surface area contributed by atoms with Crippen LogP contribution >= 0.6 is 0 Å². The third-order valence-corrected chi connectivity index (χ3v) is 4.43. The van der Waals surface area contributed by atoms with E-state index in [2.05, 4.69) is 29.6 Å². The van der Waals surface area contributed by atoms with Gasteiger partial charge < -0.3 is 11.1 Å². The molecule has 1 aromatic carbocycles. The predicted octanol–water partition coefficient (Wildman–Crippen LogP) is 2.71. The third-order valence-electron chi connectivity index (χ3n) is 4.43. The third kappa shape index (κ3) is 3.12. The van der Waals surface area contributed by atoms with Crippen LogP contribution in [0.2, 0.25) is 0 Å². The van der Waals surface area contributed by atoms with E-state index in [1.807, 2.05) is 6.07 Å². The quantitative estimate of drug-likeness (QED) is 0.774. The number of nitrogens with one attached hydrogen (secondary N) is 1. The van der Waals surface area contributed by atoms with Gasteiger partial charge in [0, 0.05) is 12.6 Å². The van der Waals surface area contributed by atoms with Crippen LogP contribution in [-0.2, 0) is 0 Å². The molecule has 18 heavy (non-hydrogen) atoms. The van der Waals surface area contributed by atoms with E-state index in [9.17, 15) is 0 Å². The van der Waals surface area contributed by atoms with E-state index in [0.29, 0.717) is 0 Å². The molecule has 0 radical (unpaired) electrons. The average molecular weight is 244 g/mol. The van der Waals surface area contributed by atoms with Crippen molar-refractivity contribution in [3.05, 3.63) is 35.9 Å². The van der Waals surface area contributed by atoms with Gasteiger partial charge in [0.05, 0.1) is 0 Å². The van der Waals surface area contributed by atoms with Crippen LogP contribution in [0.25, 0.3) is 0 Å². The van der Waals surface area contributed by atoms with E-state index >= 15 is 0 Å². The van der Waals surface area contributed by atoms with Gasteiger partial charge in [-0.25, -0.2) is 0 Å². The summed E-state index contributed by atoms with van der Waals surface area (Å²) in [5.41, 5.74) is 7.44. The van der Waals surface area contributed by atoms with Gasteiger partial charge in [-0.15, -0.1) is 0 Å². The maximum atomic E-state index is 6.20. The highest BCUT2D eigenvalue weighted by atomic mass is 14.9. The lowest BCUT2D eigenvalue weighted by Crippen LogP contribution is -2.32. The van der Waals surface area contributed by atoms with Crippen molar-refractivity contribution in [2.24, 2.45) is 23.5 Å². The van der Waals surface area contributed by atoms with E-state index in [1.165, 1.54) is 37.8 Å². The Morgan fingerprint density at radius 3 is 2.17 bits per heavy atom. The zero-order valence-electron chi connectivity index (χ0n) is 11.0. The Kier molecular flexibility index (Phi) is 3.67. The Labute approximate surface area is 110 Å². The molecule has 98 valence electrons. The monoisotopic (exact) mass is 244 g/mol. The first-order valence-electron chi connectivity index (χ1n) is 7.36. The molecule has 2 saturated carbocycles. The largest absolute Gasteiger partial charge is 0.323 e. The minimum Gasteiger partial charge on any atom is -0.323 e. The molecule has 2 nitrogen and oxygen atoms in total. The first kappa shape index (κ1) is 12.2. The molecule has 2 fully saturated rings. The van der Waals surface area contributed by atoms with E-state index in [-0.39, 0.29) is 6.04 Å². The maximum Gasteiger partial charge on any atom is 0.0421 e. The number of rotatable bonds is 7. The van der Waals surface area contributed by atoms with Crippen molar-refractivity contribution in [3.8, 4) is 0 Å². The standard InChI is InChI=1S/C16H24N2/c17-16(14-4-2-1-3-5-14)11-18-10-15(12-6-7-12)13-8-9-13/h1-5,12-13,15-16,18H,6-11,17H2/t16-/m1/s1. The van der Waals surface area contributed by atoms with E-state index in [1.54, 1.807) is 0 Å². The van der Waals surface area contributed by atoms with Gasteiger partial charge in [0.2, 0.25) is 0 Å². The van der Waals surface area contributed by atoms with Crippen molar-refractivity contribution in [2.75, 3.05) is 13.1 Å². The zero-order valence-corrected chi connectivity index (χ0v) is 11.0. The second kappa shape index (κ2) is 5.41. The number of nitrogens with two attached hydrogens (primary N) is 1. The molecule has 3 rings (SSSR count). The molecule has 0 unspecified atom stereocenters. The number of hydrogen-bond acceptors (Lipinski definition) is 2. The fraction of sp³-hybridized carbons (Fsp3) is 0.625. The summed E-state index contributed by atoms with van der Waals surface area (Å²) in [6, 6.07) is 10.5. The summed E-state index contributed by atoms with van der Waals surface area (Å²) < 4.78 is 0. The fourth-order valence-corrected chi connectivity index (χ4v) is 2.99. The topological polar surface area (TPSA) is 38.0 Å². The Morgan fingerprint density at radius 1 is 1.00 bits per heavy atom. The molecule has 3 N–H and O–H groups in total. The van der Waals surface area contributed by atoms with Crippen molar-refractivity contribution >= 4 is 0 Å². The summed E-state index contributed by atoms with van der Waals surface area (Å²) in [5, 5.41) is 3.60. The van der Waals surface area contributed by atoms with Crippen LogP contribution in [0.15, 0.2) is 30.3 Å². The minimum atomic E-state index is 0.130. The highest BCUT2D eigenvalue weighted by molar-refractivity contribution is 5.18. The maximum absolute atomic E-state index is 6.20. The van der Waals surface area contributed by atoms with E-state index < -0.39 is 0 Å². The normalized spacial score (nSPS) is 21.2. The van der Waals surface area contributed by atoms with Gasteiger partial charge >= 0.3 is 0 Å². The summed E-state index contributed by atoms with van der Waals surface area (Å²) in [6.45, 7) is 2.08. The number of hydrogen-bond donors (Lipinski definition) is 2. The van der Waals surface area contributed by atoms with Gasteiger partial charge in [-0.05, 0) is 55.5 Å². The lowest BCUT2D eigenvalue weighted by atomic mass is 9.97. The van der Waals surface area contributed by atoms with Crippen molar-refractivity contribution < 1.29 is 0 Å². The van der Waals surface area contributed by atoms with Gasteiger partial charge in [0.1, 0.15) is 0 Å². The van der Waals surface area contributed by atoms with Crippen LogP contribution in [-0.4, -0.2) is 13.1 Å². The van der Waals surface area contributed by atoms with Crippen LogP contribution in [0, 0.1) is 17.8 Å². The van der Waals surface area contributed by atoms with Gasteiger partial charge in [0.25, 0.3) is 0 Å². The molecule has 0 aromatic heterocycles. The first-order valence-corrected chi connectivity index (χ1v) is 7.36. The molecule has 1 aromatic rings. The van der Waals surface area contributed by atoms with Crippen LogP contribution in [0.4, 0.5) is 0 Å². The molecule has 0 amide bonds. The Bertz CT molecular complexity index is 356. The molecule has 0 bridgehead atoms. The predicted molar refractivity (Wildman–Crippen MR) is 75.2 cm³/mol.